The number of rotatable bonds is 5. The van der Waals surface area contributed by atoms with Crippen molar-refractivity contribution in [3.8, 4) is 5.88 Å². The molecule has 1 aromatic heterocycles. The number of hydrogen-bond acceptors (Lipinski definition) is 5. The molecule has 0 bridgehead atoms. The van der Waals surface area contributed by atoms with E-state index in [1.165, 1.54) is 25.6 Å². The summed E-state index contributed by atoms with van der Waals surface area (Å²) in [7, 11) is 1.54. The quantitative estimate of drug-likeness (QED) is 0.899. The second-order valence-electron chi connectivity index (χ2n) is 6.51. The number of aliphatic hydroxyl groups excluding tert-OH is 1. The Morgan fingerprint density at radius 3 is 2.84 bits per heavy atom. The maximum Gasteiger partial charge on any atom is 0.218 e. The fourth-order valence-corrected chi connectivity index (χ4v) is 3.42. The van der Waals surface area contributed by atoms with Gasteiger partial charge in [-0.3, -0.25) is 0 Å². The summed E-state index contributed by atoms with van der Waals surface area (Å²) in [5.74, 6) is 0.00464. The van der Waals surface area contributed by atoms with E-state index in [-0.39, 0.29) is 6.61 Å². The molecule has 1 N–H and O–H groups in total. The summed E-state index contributed by atoms with van der Waals surface area (Å²) in [5, 5.41) is 10.0. The zero-order chi connectivity index (χ0) is 17.9. The first-order valence-corrected chi connectivity index (χ1v) is 8.21. The average molecular weight is 349 g/mol. The molecular weight excluding hydrogens is 328 g/mol. The Morgan fingerprint density at radius 2 is 2.12 bits per heavy atom. The molecule has 0 amide bonds. The van der Waals surface area contributed by atoms with Crippen LogP contribution in [-0.2, 0) is 6.42 Å². The Balaban J connectivity index is 1.83. The summed E-state index contributed by atoms with van der Waals surface area (Å²) in [6.07, 6.45) is 3.38. The van der Waals surface area contributed by atoms with Crippen molar-refractivity contribution >= 4 is 5.82 Å². The van der Waals surface area contributed by atoms with Crippen LogP contribution in [0.3, 0.4) is 0 Å². The Morgan fingerprint density at radius 1 is 1.28 bits per heavy atom. The van der Waals surface area contributed by atoms with Crippen LogP contribution in [0.1, 0.15) is 18.4 Å². The van der Waals surface area contributed by atoms with Crippen LogP contribution in [0, 0.1) is 17.0 Å². The summed E-state index contributed by atoms with van der Waals surface area (Å²) in [6, 6.07) is 5.33. The van der Waals surface area contributed by atoms with Gasteiger partial charge >= 0.3 is 0 Å². The molecule has 2 aromatic rings. The lowest BCUT2D eigenvalue weighted by molar-refractivity contribution is 0.104. The van der Waals surface area contributed by atoms with Gasteiger partial charge in [-0.25, -0.2) is 18.7 Å². The smallest absolute Gasteiger partial charge is 0.218 e. The minimum atomic E-state index is -0.599. The van der Waals surface area contributed by atoms with Gasteiger partial charge in [-0.05, 0) is 30.9 Å². The molecule has 1 aliphatic rings. The molecule has 0 radical (unpaired) electrons. The molecule has 1 atom stereocenters. The Labute approximate surface area is 145 Å². The molecule has 7 heteroatoms. The molecule has 0 spiro atoms. The number of hydrogen-bond donors (Lipinski definition) is 1. The SMILES string of the molecule is COc1cc(N2CCC[C@@](CO)(Cc3ccc(F)cc3F)C2)ncn1. The number of ether oxygens (including phenoxy) is 1. The van der Waals surface area contributed by atoms with Crippen molar-refractivity contribution in [1.82, 2.24) is 9.97 Å². The number of halogens is 2. The molecule has 2 heterocycles. The topological polar surface area (TPSA) is 58.5 Å². The summed E-state index contributed by atoms with van der Waals surface area (Å²) < 4.78 is 32.3. The highest BCUT2D eigenvalue weighted by atomic mass is 19.1. The van der Waals surface area contributed by atoms with Crippen molar-refractivity contribution in [3.63, 3.8) is 0 Å². The lowest BCUT2D eigenvalue weighted by atomic mass is 9.75. The maximum atomic E-state index is 14.1. The third-order valence-electron chi connectivity index (χ3n) is 4.74. The highest BCUT2D eigenvalue weighted by Gasteiger charge is 2.36. The largest absolute Gasteiger partial charge is 0.481 e. The molecule has 3 rings (SSSR count). The standard InChI is InChI=1S/C18H21F2N3O2/c1-25-17-8-16(21-12-22-17)23-6-2-5-18(10-23,11-24)9-13-3-4-14(19)7-15(13)20/h3-4,7-8,12,24H,2,5-6,9-11H2,1H3/t18-/m1/s1. The molecule has 134 valence electrons. The molecule has 5 nitrogen and oxygen atoms in total. The van der Waals surface area contributed by atoms with E-state index in [0.717, 1.165) is 25.5 Å². The van der Waals surface area contributed by atoms with E-state index in [4.69, 9.17) is 4.74 Å². The summed E-state index contributed by atoms with van der Waals surface area (Å²) in [6.45, 7) is 1.23. The number of nitrogens with zero attached hydrogens (tertiary/aromatic N) is 3. The molecule has 0 saturated carbocycles. The van der Waals surface area contributed by atoms with Gasteiger partial charge in [0.15, 0.2) is 0 Å². The minimum Gasteiger partial charge on any atom is -0.481 e. The van der Waals surface area contributed by atoms with E-state index in [0.29, 0.717) is 30.2 Å². The minimum absolute atomic E-state index is 0.0808. The van der Waals surface area contributed by atoms with Crippen molar-refractivity contribution in [3.05, 3.63) is 47.8 Å². The maximum absolute atomic E-state index is 14.1. The van der Waals surface area contributed by atoms with Crippen molar-refractivity contribution in [2.75, 3.05) is 31.7 Å². The first kappa shape index (κ1) is 17.5. The van der Waals surface area contributed by atoms with Gasteiger partial charge in [0.05, 0.1) is 13.7 Å². The highest BCUT2D eigenvalue weighted by Crippen LogP contribution is 2.36. The lowest BCUT2D eigenvalue weighted by Gasteiger charge is -2.42. The van der Waals surface area contributed by atoms with Crippen LogP contribution in [0.2, 0.25) is 0 Å². The van der Waals surface area contributed by atoms with Crippen LogP contribution in [0.15, 0.2) is 30.6 Å². The number of methoxy groups -OCH3 is 1. The van der Waals surface area contributed by atoms with Crippen LogP contribution in [0.25, 0.3) is 0 Å². The second kappa shape index (κ2) is 7.31. The van der Waals surface area contributed by atoms with Gasteiger partial charge in [0.1, 0.15) is 23.8 Å². The fraction of sp³-hybridized carbons (Fsp3) is 0.444. The first-order valence-electron chi connectivity index (χ1n) is 8.21. The van der Waals surface area contributed by atoms with Gasteiger partial charge in [-0.1, -0.05) is 6.07 Å². The normalized spacial score (nSPS) is 20.6. The van der Waals surface area contributed by atoms with E-state index in [1.807, 2.05) is 4.90 Å². The van der Waals surface area contributed by atoms with E-state index >= 15 is 0 Å². The molecule has 1 fully saturated rings. The van der Waals surface area contributed by atoms with E-state index in [1.54, 1.807) is 6.07 Å². The number of benzene rings is 1. The van der Waals surface area contributed by atoms with E-state index < -0.39 is 17.0 Å². The fourth-order valence-electron chi connectivity index (χ4n) is 3.42. The summed E-state index contributed by atoms with van der Waals surface area (Å²) in [5.41, 5.74) is -0.0904. The third-order valence-corrected chi connectivity index (χ3v) is 4.74. The van der Waals surface area contributed by atoms with Crippen LogP contribution in [0.5, 0.6) is 5.88 Å². The van der Waals surface area contributed by atoms with Gasteiger partial charge < -0.3 is 14.7 Å². The molecule has 0 unspecified atom stereocenters. The summed E-state index contributed by atoms with van der Waals surface area (Å²) >= 11 is 0. The predicted molar refractivity (Wildman–Crippen MR) is 89.6 cm³/mol. The van der Waals surface area contributed by atoms with Gasteiger partial charge in [-0.15, -0.1) is 0 Å². The summed E-state index contributed by atoms with van der Waals surface area (Å²) in [4.78, 5) is 10.3. The van der Waals surface area contributed by atoms with Crippen molar-refractivity contribution < 1.29 is 18.6 Å². The molecule has 1 aliphatic heterocycles. The highest BCUT2D eigenvalue weighted by molar-refractivity contribution is 5.42. The van der Waals surface area contributed by atoms with Crippen LogP contribution >= 0.6 is 0 Å². The predicted octanol–water partition coefficient (Wildman–Crippen LogP) is 2.59. The van der Waals surface area contributed by atoms with Crippen LogP contribution in [0.4, 0.5) is 14.6 Å². The molecule has 25 heavy (non-hydrogen) atoms. The zero-order valence-corrected chi connectivity index (χ0v) is 14.1. The first-order chi connectivity index (χ1) is 12.0. The second-order valence-corrected chi connectivity index (χ2v) is 6.51. The van der Waals surface area contributed by atoms with Crippen molar-refractivity contribution in [2.24, 2.45) is 5.41 Å². The Kier molecular flexibility index (Phi) is 5.13. The number of aromatic nitrogens is 2. The van der Waals surface area contributed by atoms with E-state index in [9.17, 15) is 13.9 Å². The van der Waals surface area contributed by atoms with Gasteiger partial charge in [0.2, 0.25) is 5.88 Å². The number of aliphatic hydroxyl groups is 1. The molecule has 0 aliphatic carbocycles. The van der Waals surface area contributed by atoms with Gasteiger partial charge in [-0.2, -0.15) is 0 Å². The van der Waals surface area contributed by atoms with Crippen molar-refractivity contribution in [1.29, 1.82) is 0 Å². The third kappa shape index (κ3) is 3.87. The monoisotopic (exact) mass is 349 g/mol. The zero-order valence-electron chi connectivity index (χ0n) is 14.1. The van der Waals surface area contributed by atoms with Crippen LogP contribution in [-0.4, -0.2) is 41.9 Å². The van der Waals surface area contributed by atoms with Gasteiger partial charge in [0, 0.05) is 30.6 Å². The van der Waals surface area contributed by atoms with Crippen LogP contribution < -0.4 is 9.64 Å². The molecule has 1 saturated heterocycles. The Bertz CT molecular complexity index is 744. The Hall–Kier alpha value is -2.28. The molecular formula is C18H21F2N3O2. The number of anilines is 1. The van der Waals surface area contributed by atoms with E-state index in [2.05, 4.69) is 9.97 Å². The van der Waals surface area contributed by atoms with Crippen molar-refractivity contribution in [2.45, 2.75) is 19.3 Å². The van der Waals surface area contributed by atoms with Gasteiger partial charge in [0.25, 0.3) is 0 Å². The molecule has 1 aromatic carbocycles. The number of piperidine rings is 1. The lowest BCUT2D eigenvalue weighted by Crippen LogP contribution is -2.47. The average Bonchev–Trinajstić information content (AvgIpc) is 2.64.